The third-order valence-corrected chi connectivity index (χ3v) is 5.15. The lowest BCUT2D eigenvalue weighted by atomic mass is 9.99. The summed E-state index contributed by atoms with van der Waals surface area (Å²) in [6.07, 6.45) is 5.69. The van der Waals surface area contributed by atoms with Crippen molar-refractivity contribution in [3.8, 4) is 28.1 Å². The zero-order valence-corrected chi connectivity index (χ0v) is 17.8. The SMILES string of the molecule is COc1cccc(C(=O)NCc2ccc(-c3nn(C)cc3-c3ccncc3C)cc2)c1. The van der Waals surface area contributed by atoms with E-state index < -0.39 is 0 Å². The van der Waals surface area contributed by atoms with Crippen LogP contribution in [0, 0.1) is 6.92 Å². The van der Waals surface area contributed by atoms with Crippen LogP contribution in [0.2, 0.25) is 0 Å². The Morgan fingerprint density at radius 1 is 1.10 bits per heavy atom. The molecule has 2 aromatic heterocycles. The van der Waals surface area contributed by atoms with Gasteiger partial charge >= 0.3 is 0 Å². The maximum Gasteiger partial charge on any atom is 0.251 e. The van der Waals surface area contributed by atoms with Crippen molar-refractivity contribution in [2.24, 2.45) is 7.05 Å². The summed E-state index contributed by atoms with van der Waals surface area (Å²) in [5, 5.41) is 7.63. The molecule has 0 radical (unpaired) electrons. The molecule has 0 atom stereocenters. The number of rotatable bonds is 6. The van der Waals surface area contributed by atoms with Gasteiger partial charge in [-0.25, -0.2) is 0 Å². The Morgan fingerprint density at radius 3 is 2.65 bits per heavy atom. The fraction of sp³-hybridized carbons (Fsp3) is 0.160. The van der Waals surface area contributed by atoms with Crippen LogP contribution in [0.15, 0.2) is 73.2 Å². The number of carbonyl (C=O) groups is 1. The zero-order valence-electron chi connectivity index (χ0n) is 17.8. The number of nitrogens with zero attached hydrogens (tertiary/aromatic N) is 3. The summed E-state index contributed by atoms with van der Waals surface area (Å²) in [4.78, 5) is 16.6. The Kier molecular flexibility index (Phi) is 5.80. The molecule has 0 bridgehead atoms. The highest BCUT2D eigenvalue weighted by Gasteiger charge is 2.14. The van der Waals surface area contributed by atoms with E-state index in [2.05, 4.69) is 15.4 Å². The predicted molar refractivity (Wildman–Crippen MR) is 121 cm³/mol. The van der Waals surface area contributed by atoms with E-state index in [1.165, 1.54) is 0 Å². The minimum Gasteiger partial charge on any atom is -0.497 e. The lowest BCUT2D eigenvalue weighted by molar-refractivity contribution is 0.0950. The zero-order chi connectivity index (χ0) is 21.8. The number of nitrogens with one attached hydrogen (secondary N) is 1. The van der Waals surface area contributed by atoms with Crippen LogP contribution in [0.4, 0.5) is 0 Å². The average Bonchev–Trinajstić information content (AvgIpc) is 3.19. The molecule has 0 saturated heterocycles. The highest BCUT2D eigenvalue weighted by atomic mass is 16.5. The molecule has 0 aliphatic heterocycles. The van der Waals surface area contributed by atoms with Crippen LogP contribution < -0.4 is 10.1 Å². The molecule has 1 amide bonds. The molecule has 6 nitrogen and oxygen atoms in total. The molecule has 156 valence electrons. The third kappa shape index (κ3) is 4.48. The van der Waals surface area contributed by atoms with Crippen LogP contribution >= 0.6 is 0 Å². The Bertz CT molecular complexity index is 1210. The van der Waals surface area contributed by atoms with Gasteiger partial charge in [-0.1, -0.05) is 30.3 Å². The normalized spacial score (nSPS) is 10.7. The van der Waals surface area contributed by atoms with E-state index in [9.17, 15) is 4.79 Å². The second kappa shape index (κ2) is 8.83. The number of amides is 1. The van der Waals surface area contributed by atoms with Gasteiger partial charge in [0, 0.05) is 48.9 Å². The van der Waals surface area contributed by atoms with Gasteiger partial charge in [-0.05, 0) is 47.9 Å². The smallest absolute Gasteiger partial charge is 0.251 e. The highest BCUT2D eigenvalue weighted by Crippen LogP contribution is 2.32. The molecule has 0 fully saturated rings. The molecule has 4 aromatic rings. The molecule has 1 N–H and O–H groups in total. The Hall–Kier alpha value is -3.93. The van der Waals surface area contributed by atoms with E-state index in [0.29, 0.717) is 17.9 Å². The number of hydrogen-bond acceptors (Lipinski definition) is 4. The van der Waals surface area contributed by atoms with Gasteiger partial charge in [0.1, 0.15) is 11.4 Å². The number of methoxy groups -OCH3 is 1. The molecule has 4 rings (SSSR count). The third-order valence-electron chi connectivity index (χ3n) is 5.15. The Balaban J connectivity index is 1.50. The fourth-order valence-corrected chi connectivity index (χ4v) is 3.50. The minimum atomic E-state index is -0.136. The van der Waals surface area contributed by atoms with Gasteiger partial charge in [0.2, 0.25) is 0 Å². The van der Waals surface area contributed by atoms with Gasteiger partial charge in [0.05, 0.1) is 7.11 Å². The van der Waals surface area contributed by atoms with Crippen molar-refractivity contribution in [2.75, 3.05) is 7.11 Å². The van der Waals surface area contributed by atoms with Crippen LogP contribution in [-0.2, 0) is 13.6 Å². The van der Waals surface area contributed by atoms with Crippen molar-refractivity contribution >= 4 is 5.91 Å². The predicted octanol–water partition coefficient (Wildman–Crippen LogP) is 4.40. The summed E-state index contributed by atoms with van der Waals surface area (Å²) in [5.41, 5.74) is 6.82. The number of benzene rings is 2. The first-order chi connectivity index (χ1) is 15.0. The fourth-order valence-electron chi connectivity index (χ4n) is 3.50. The van der Waals surface area contributed by atoms with E-state index in [-0.39, 0.29) is 5.91 Å². The van der Waals surface area contributed by atoms with Crippen LogP contribution in [0.5, 0.6) is 5.75 Å². The first kappa shape index (κ1) is 20.3. The van der Waals surface area contributed by atoms with Gasteiger partial charge in [-0.2, -0.15) is 5.10 Å². The van der Waals surface area contributed by atoms with E-state index >= 15 is 0 Å². The summed E-state index contributed by atoms with van der Waals surface area (Å²) in [7, 11) is 3.51. The monoisotopic (exact) mass is 412 g/mol. The van der Waals surface area contributed by atoms with Crippen LogP contribution in [-0.4, -0.2) is 27.8 Å². The minimum absolute atomic E-state index is 0.136. The molecular weight excluding hydrogens is 388 g/mol. The molecule has 2 aromatic carbocycles. The summed E-state index contributed by atoms with van der Waals surface area (Å²) < 4.78 is 7.01. The molecule has 0 aliphatic carbocycles. The van der Waals surface area contributed by atoms with Crippen LogP contribution in [0.3, 0.4) is 0 Å². The maximum absolute atomic E-state index is 12.4. The summed E-state index contributed by atoms with van der Waals surface area (Å²) in [5.74, 6) is 0.524. The summed E-state index contributed by atoms with van der Waals surface area (Å²) in [6.45, 7) is 2.49. The van der Waals surface area contributed by atoms with Gasteiger partial charge in [-0.3, -0.25) is 14.5 Å². The highest BCUT2D eigenvalue weighted by molar-refractivity contribution is 5.94. The largest absolute Gasteiger partial charge is 0.497 e. The molecule has 0 spiro atoms. The number of aromatic nitrogens is 3. The van der Waals surface area contributed by atoms with Crippen molar-refractivity contribution in [3.05, 3.63) is 89.9 Å². The molecule has 0 saturated carbocycles. The topological polar surface area (TPSA) is 69.0 Å². The first-order valence-electron chi connectivity index (χ1n) is 10.0. The van der Waals surface area contributed by atoms with Gasteiger partial charge in [0.25, 0.3) is 5.91 Å². The van der Waals surface area contributed by atoms with E-state index in [1.807, 2.05) is 67.4 Å². The number of hydrogen-bond donors (Lipinski definition) is 1. The molecular formula is C25H24N4O2. The van der Waals surface area contributed by atoms with Crippen molar-refractivity contribution < 1.29 is 9.53 Å². The maximum atomic E-state index is 12.4. The van der Waals surface area contributed by atoms with E-state index in [0.717, 1.165) is 33.5 Å². The first-order valence-corrected chi connectivity index (χ1v) is 10.0. The Labute approximate surface area is 181 Å². The van der Waals surface area contributed by atoms with E-state index in [1.54, 1.807) is 31.5 Å². The quantitative estimate of drug-likeness (QED) is 0.510. The van der Waals surface area contributed by atoms with E-state index in [4.69, 9.17) is 4.74 Å². The lowest BCUT2D eigenvalue weighted by Crippen LogP contribution is -2.22. The Morgan fingerprint density at radius 2 is 1.90 bits per heavy atom. The number of carbonyl (C=O) groups excluding carboxylic acids is 1. The van der Waals surface area contributed by atoms with Crippen molar-refractivity contribution in [3.63, 3.8) is 0 Å². The van der Waals surface area contributed by atoms with Crippen molar-refractivity contribution in [2.45, 2.75) is 13.5 Å². The summed E-state index contributed by atoms with van der Waals surface area (Å²) in [6, 6.07) is 17.2. The lowest BCUT2D eigenvalue weighted by Gasteiger charge is -2.08. The average molecular weight is 412 g/mol. The second-order valence-electron chi connectivity index (χ2n) is 7.37. The van der Waals surface area contributed by atoms with Gasteiger partial charge in [-0.15, -0.1) is 0 Å². The molecule has 0 aliphatic rings. The number of aryl methyl sites for hydroxylation is 2. The molecule has 0 unspecified atom stereocenters. The number of ether oxygens (including phenoxy) is 1. The van der Waals surface area contributed by atoms with Crippen molar-refractivity contribution in [1.82, 2.24) is 20.1 Å². The molecule has 6 heteroatoms. The second-order valence-corrected chi connectivity index (χ2v) is 7.37. The number of pyridine rings is 1. The standard InChI is InChI=1S/C25H24N4O2/c1-17-14-26-12-11-22(17)23-16-29(2)28-24(23)19-9-7-18(8-10-19)15-27-25(30)20-5-4-6-21(13-20)31-3/h4-14,16H,15H2,1-3H3,(H,27,30). The van der Waals surface area contributed by atoms with Crippen LogP contribution in [0.1, 0.15) is 21.5 Å². The summed E-state index contributed by atoms with van der Waals surface area (Å²) >= 11 is 0. The van der Waals surface area contributed by atoms with Crippen molar-refractivity contribution in [1.29, 1.82) is 0 Å². The molecule has 2 heterocycles. The van der Waals surface area contributed by atoms with Gasteiger partial charge < -0.3 is 10.1 Å². The molecule has 31 heavy (non-hydrogen) atoms. The van der Waals surface area contributed by atoms with Gasteiger partial charge in [0.15, 0.2) is 0 Å². The van der Waals surface area contributed by atoms with Crippen LogP contribution in [0.25, 0.3) is 22.4 Å².